The summed E-state index contributed by atoms with van der Waals surface area (Å²) in [6, 6.07) is 71.7. The van der Waals surface area contributed by atoms with Crippen LogP contribution in [0.4, 0.5) is 17.1 Å². The van der Waals surface area contributed by atoms with E-state index in [9.17, 15) is 0 Å². The van der Waals surface area contributed by atoms with Crippen molar-refractivity contribution in [2.45, 2.75) is 0 Å². The third-order valence-corrected chi connectivity index (χ3v) is 10.3. The van der Waals surface area contributed by atoms with Gasteiger partial charge in [0, 0.05) is 27.4 Å². The summed E-state index contributed by atoms with van der Waals surface area (Å²) in [7, 11) is 0. The first kappa shape index (κ1) is 30.0. The van der Waals surface area contributed by atoms with Crippen molar-refractivity contribution in [1.29, 1.82) is 0 Å². The minimum Gasteiger partial charge on any atom is -0.456 e. The molecule has 2 nitrogen and oxygen atoms in total. The molecular weight excluding hydrogens is 631 g/mol. The second-order valence-electron chi connectivity index (χ2n) is 13.3. The first-order valence-corrected chi connectivity index (χ1v) is 17.8. The Balaban J connectivity index is 1.15. The summed E-state index contributed by atoms with van der Waals surface area (Å²) in [6.07, 6.45) is 0. The van der Waals surface area contributed by atoms with Crippen molar-refractivity contribution in [1.82, 2.24) is 0 Å². The van der Waals surface area contributed by atoms with Crippen LogP contribution in [0.1, 0.15) is 0 Å². The number of nitrogens with zero attached hydrogens (tertiary/aromatic N) is 1. The van der Waals surface area contributed by atoms with Gasteiger partial charge in [0.15, 0.2) is 0 Å². The van der Waals surface area contributed by atoms with Gasteiger partial charge >= 0.3 is 0 Å². The highest BCUT2D eigenvalue weighted by Gasteiger charge is 2.22. The summed E-state index contributed by atoms with van der Waals surface area (Å²) in [5.74, 6) is 0. The molecule has 0 unspecified atom stereocenters. The van der Waals surface area contributed by atoms with E-state index in [0.29, 0.717) is 0 Å². The average molecular weight is 664 g/mol. The standard InChI is InChI=1S/C50H33NO/c1-3-19-40-35(13-1)15-10-23-41(40)37-31-29-34(30-32-37)38-17-9-18-39(33-38)51(46-26-11-16-36-14-2-4-20-42(36)46)47-25-7-5-21-43(47)44-24-12-28-49-50(44)45-22-6-8-27-48(45)52-49/h1-33H. The van der Waals surface area contributed by atoms with Crippen LogP contribution in [0, 0.1) is 0 Å². The minimum absolute atomic E-state index is 0.888. The molecule has 0 amide bonds. The maximum atomic E-state index is 6.35. The van der Waals surface area contributed by atoms with Crippen molar-refractivity contribution in [3.8, 4) is 33.4 Å². The SMILES string of the molecule is c1cc(-c2ccc(-c3cccc4ccccc34)cc2)cc(N(c2ccccc2-c2cccc3oc4ccccc4c23)c2cccc3ccccc23)c1. The van der Waals surface area contributed by atoms with Crippen LogP contribution in [0.25, 0.3) is 76.9 Å². The first-order valence-electron chi connectivity index (χ1n) is 17.8. The van der Waals surface area contributed by atoms with Gasteiger partial charge in [-0.3, -0.25) is 0 Å². The molecule has 0 fully saturated rings. The highest BCUT2D eigenvalue weighted by Crippen LogP contribution is 2.46. The maximum Gasteiger partial charge on any atom is 0.136 e. The fourth-order valence-corrected chi connectivity index (χ4v) is 7.85. The van der Waals surface area contributed by atoms with E-state index >= 15 is 0 Å². The number of anilines is 3. The van der Waals surface area contributed by atoms with E-state index in [0.717, 1.165) is 55.7 Å². The molecule has 0 aliphatic rings. The predicted molar refractivity (Wildman–Crippen MR) is 220 cm³/mol. The predicted octanol–water partition coefficient (Wildman–Crippen LogP) is 14.4. The van der Waals surface area contributed by atoms with Gasteiger partial charge in [-0.15, -0.1) is 0 Å². The van der Waals surface area contributed by atoms with Crippen LogP contribution >= 0.6 is 0 Å². The van der Waals surface area contributed by atoms with Gasteiger partial charge in [0.1, 0.15) is 11.2 Å². The maximum absolute atomic E-state index is 6.35. The summed E-state index contributed by atoms with van der Waals surface area (Å²) in [4.78, 5) is 2.42. The Hall–Kier alpha value is -6.90. The summed E-state index contributed by atoms with van der Waals surface area (Å²) in [6.45, 7) is 0. The number of fused-ring (bicyclic) bond motifs is 5. The third kappa shape index (κ3) is 5.04. The molecule has 244 valence electrons. The van der Waals surface area contributed by atoms with Crippen LogP contribution in [0.3, 0.4) is 0 Å². The summed E-state index contributed by atoms with van der Waals surface area (Å²) < 4.78 is 6.35. The van der Waals surface area contributed by atoms with Crippen molar-refractivity contribution < 1.29 is 4.42 Å². The Morgan fingerprint density at radius 3 is 1.75 bits per heavy atom. The second kappa shape index (κ2) is 12.5. The molecule has 0 saturated carbocycles. The van der Waals surface area contributed by atoms with Crippen LogP contribution in [0.15, 0.2) is 205 Å². The number of furan rings is 1. The van der Waals surface area contributed by atoms with Crippen molar-refractivity contribution in [2.24, 2.45) is 0 Å². The smallest absolute Gasteiger partial charge is 0.136 e. The van der Waals surface area contributed by atoms with Crippen molar-refractivity contribution in [2.75, 3.05) is 4.90 Å². The molecule has 0 aliphatic carbocycles. The van der Waals surface area contributed by atoms with Crippen LogP contribution in [-0.4, -0.2) is 0 Å². The molecule has 1 heterocycles. The van der Waals surface area contributed by atoms with Crippen LogP contribution in [-0.2, 0) is 0 Å². The summed E-state index contributed by atoms with van der Waals surface area (Å²) in [5, 5.41) is 7.16. The van der Waals surface area contributed by atoms with Crippen molar-refractivity contribution in [3.05, 3.63) is 200 Å². The molecule has 0 radical (unpaired) electrons. The van der Waals surface area contributed by atoms with E-state index in [2.05, 4.69) is 193 Å². The lowest BCUT2D eigenvalue weighted by Gasteiger charge is -2.29. The Morgan fingerprint density at radius 1 is 0.327 bits per heavy atom. The number of rotatable bonds is 6. The molecule has 2 heteroatoms. The largest absolute Gasteiger partial charge is 0.456 e. The Morgan fingerprint density at radius 2 is 0.885 bits per heavy atom. The Kier molecular flexibility index (Phi) is 7.18. The fraction of sp³-hybridized carbons (Fsp3) is 0. The lowest BCUT2D eigenvalue weighted by molar-refractivity contribution is 0.669. The van der Waals surface area contributed by atoms with Gasteiger partial charge in [0.05, 0.1) is 11.4 Å². The fourth-order valence-electron chi connectivity index (χ4n) is 7.85. The molecule has 9 aromatic carbocycles. The lowest BCUT2D eigenvalue weighted by atomic mass is 9.95. The van der Waals surface area contributed by atoms with Gasteiger partial charge in [-0.1, -0.05) is 164 Å². The van der Waals surface area contributed by atoms with Gasteiger partial charge in [-0.05, 0) is 80.4 Å². The highest BCUT2D eigenvalue weighted by atomic mass is 16.3. The van der Waals surface area contributed by atoms with E-state index in [1.165, 1.54) is 38.2 Å². The topological polar surface area (TPSA) is 16.4 Å². The lowest BCUT2D eigenvalue weighted by Crippen LogP contribution is -2.12. The van der Waals surface area contributed by atoms with E-state index in [1.807, 2.05) is 12.1 Å². The number of hydrogen-bond donors (Lipinski definition) is 0. The molecule has 52 heavy (non-hydrogen) atoms. The Labute approximate surface area is 302 Å². The molecule has 10 aromatic rings. The number of hydrogen-bond acceptors (Lipinski definition) is 2. The molecule has 0 aliphatic heterocycles. The quantitative estimate of drug-likeness (QED) is 0.176. The van der Waals surface area contributed by atoms with Crippen molar-refractivity contribution in [3.63, 3.8) is 0 Å². The zero-order chi connectivity index (χ0) is 34.4. The molecule has 0 saturated heterocycles. The first-order chi connectivity index (χ1) is 25.8. The highest BCUT2D eigenvalue weighted by molar-refractivity contribution is 6.14. The van der Waals surface area contributed by atoms with Crippen LogP contribution in [0.5, 0.6) is 0 Å². The molecule has 1 aromatic heterocycles. The monoisotopic (exact) mass is 663 g/mol. The van der Waals surface area contributed by atoms with E-state index in [-0.39, 0.29) is 0 Å². The molecule has 10 rings (SSSR count). The molecule has 0 spiro atoms. The van der Waals surface area contributed by atoms with E-state index in [1.54, 1.807) is 0 Å². The zero-order valence-electron chi connectivity index (χ0n) is 28.4. The average Bonchev–Trinajstić information content (AvgIpc) is 3.60. The molecule has 0 atom stereocenters. The zero-order valence-corrected chi connectivity index (χ0v) is 28.4. The van der Waals surface area contributed by atoms with Gasteiger partial charge in [0.25, 0.3) is 0 Å². The number of benzene rings is 9. The second-order valence-corrected chi connectivity index (χ2v) is 13.3. The Bertz CT molecular complexity index is 2910. The molecule has 0 N–H and O–H groups in total. The molecule has 0 bridgehead atoms. The summed E-state index contributed by atoms with van der Waals surface area (Å²) >= 11 is 0. The molecular formula is C50H33NO. The van der Waals surface area contributed by atoms with Crippen LogP contribution in [0.2, 0.25) is 0 Å². The van der Waals surface area contributed by atoms with Gasteiger partial charge in [-0.2, -0.15) is 0 Å². The van der Waals surface area contributed by atoms with Crippen molar-refractivity contribution >= 4 is 60.5 Å². The van der Waals surface area contributed by atoms with Gasteiger partial charge in [-0.25, -0.2) is 0 Å². The van der Waals surface area contributed by atoms with E-state index < -0.39 is 0 Å². The van der Waals surface area contributed by atoms with Crippen LogP contribution < -0.4 is 4.90 Å². The minimum atomic E-state index is 0.888. The van der Waals surface area contributed by atoms with E-state index in [4.69, 9.17) is 4.42 Å². The van der Waals surface area contributed by atoms with Gasteiger partial charge in [0.2, 0.25) is 0 Å². The number of para-hydroxylation sites is 2. The van der Waals surface area contributed by atoms with Gasteiger partial charge < -0.3 is 9.32 Å². The third-order valence-electron chi connectivity index (χ3n) is 10.3. The summed E-state index contributed by atoms with van der Waals surface area (Å²) in [5.41, 5.74) is 12.2. The normalized spacial score (nSPS) is 11.5.